The first-order valence-corrected chi connectivity index (χ1v) is 5.76. The fourth-order valence-electron chi connectivity index (χ4n) is 1.25. The van der Waals surface area contributed by atoms with Crippen LogP contribution in [0, 0.1) is 6.92 Å². The Kier molecular flexibility index (Phi) is 5.27. The molecule has 0 fully saturated rings. The quantitative estimate of drug-likeness (QED) is 0.681. The van der Waals surface area contributed by atoms with Crippen molar-refractivity contribution >= 4 is 0 Å². The molecule has 0 N–H and O–H groups in total. The number of aryl methyl sites for hydroxylation is 1. The molecule has 2 aromatic rings. The fraction of sp³-hybridized carbons (Fsp3) is 0.267. The molecule has 0 aliphatic heterocycles. The van der Waals surface area contributed by atoms with E-state index in [1.807, 2.05) is 37.4 Å². The van der Waals surface area contributed by atoms with E-state index < -0.39 is 0 Å². The average molecular weight is 213 g/mol. The van der Waals surface area contributed by atoms with E-state index in [1.165, 1.54) is 17.5 Å². The van der Waals surface area contributed by atoms with E-state index in [1.54, 1.807) is 0 Å². The van der Waals surface area contributed by atoms with E-state index in [2.05, 4.69) is 37.0 Å². The Bertz CT molecular complexity index is 390. The van der Waals surface area contributed by atoms with Crippen molar-refractivity contribution in [1.29, 1.82) is 0 Å². The Morgan fingerprint density at radius 2 is 1.56 bits per heavy atom. The van der Waals surface area contributed by atoms with Crippen LogP contribution in [0.5, 0.6) is 0 Å². The van der Waals surface area contributed by atoms with Gasteiger partial charge in [-0.3, -0.25) is 4.98 Å². The second kappa shape index (κ2) is 6.78. The number of pyridine rings is 1. The van der Waals surface area contributed by atoms with Crippen LogP contribution in [0.25, 0.3) is 11.3 Å². The van der Waals surface area contributed by atoms with Crippen LogP contribution in [-0.2, 0) is 0 Å². The largest absolute Gasteiger partial charge is 0.256 e. The second-order valence-electron chi connectivity index (χ2n) is 3.79. The van der Waals surface area contributed by atoms with E-state index >= 15 is 0 Å². The molecule has 0 aliphatic carbocycles. The number of aromatic nitrogens is 1. The lowest BCUT2D eigenvalue weighted by atomic mass is 10.1. The summed E-state index contributed by atoms with van der Waals surface area (Å²) in [6.07, 6.45) is 3.14. The first-order valence-electron chi connectivity index (χ1n) is 5.76. The molecule has 1 heteroatoms. The van der Waals surface area contributed by atoms with Crippen LogP contribution in [0.3, 0.4) is 0 Å². The molecule has 2 rings (SSSR count). The topological polar surface area (TPSA) is 12.9 Å². The number of hydrogen-bond acceptors (Lipinski definition) is 1. The van der Waals surface area contributed by atoms with Crippen LogP contribution in [0.2, 0.25) is 0 Å². The maximum atomic E-state index is 4.35. The van der Waals surface area contributed by atoms with Gasteiger partial charge in [-0.25, -0.2) is 0 Å². The molecule has 0 aliphatic rings. The van der Waals surface area contributed by atoms with Gasteiger partial charge in [0, 0.05) is 11.8 Å². The van der Waals surface area contributed by atoms with Crippen molar-refractivity contribution in [2.24, 2.45) is 0 Å². The molecule has 84 valence electrons. The Balaban J connectivity index is 0.000000386. The van der Waals surface area contributed by atoms with E-state index in [0.29, 0.717) is 0 Å². The van der Waals surface area contributed by atoms with Crippen molar-refractivity contribution in [2.45, 2.75) is 27.2 Å². The summed E-state index contributed by atoms with van der Waals surface area (Å²) in [5.41, 5.74) is 3.40. The first kappa shape index (κ1) is 12.4. The standard InChI is InChI=1S/C12H11N.C3H8/c1-10-7-8-12(13-9-10)11-5-3-2-4-6-11;1-3-2/h2-9H,1H3;3H2,1-2H3. The van der Waals surface area contributed by atoms with Crippen molar-refractivity contribution in [3.63, 3.8) is 0 Å². The Labute approximate surface area is 98.2 Å². The minimum atomic E-state index is 1.03. The van der Waals surface area contributed by atoms with Gasteiger partial charge in [-0.15, -0.1) is 0 Å². The Morgan fingerprint density at radius 3 is 2.06 bits per heavy atom. The normalized spacial score (nSPS) is 9.19. The molecule has 1 aromatic carbocycles. The van der Waals surface area contributed by atoms with Gasteiger partial charge in [-0.2, -0.15) is 0 Å². The third kappa shape index (κ3) is 3.85. The van der Waals surface area contributed by atoms with Crippen molar-refractivity contribution < 1.29 is 0 Å². The lowest BCUT2D eigenvalue weighted by Crippen LogP contribution is -1.82. The summed E-state index contributed by atoms with van der Waals surface area (Å²) in [6.45, 7) is 6.29. The van der Waals surface area contributed by atoms with Gasteiger partial charge in [0.1, 0.15) is 0 Å². The third-order valence-electron chi connectivity index (χ3n) is 1.98. The SMILES string of the molecule is CCC.Cc1ccc(-c2ccccc2)nc1. The minimum Gasteiger partial charge on any atom is -0.256 e. The van der Waals surface area contributed by atoms with Gasteiger partial charge in [-0.1, -0.05) is 56.7 Å². The van der Waals surface area contributed by atoms with Crippen LogP contribution >= 0.6 is 0 Å². The number of benzene rings is 1. The molecule has 0 spiro atoms. The number of hydrogen-bond donors (Lipinski definition) is 0. The predicted octanol–water partition coefficient (Wildman–Crippen LogP) is 4.47. The van der Waals surface area contributed by atoms with Crippen molar-refractivity contribution in [1.82, 2.24) is 4.98 Å². The third-order valence-corrected chi connectivity index (χ3v) is 1.98. The molecule has 0 radical (unpaired) electrons. The summed E-state index contributed by atoms with van der Waals surface area (Å²) in [6, 6.07) is 14.3. The van der Waals surface area contributed by atoms with Gasteiger partial charge in [0.2, 0.25) is 0 Å². The molecule has 0 saturated heterocycles. The van der Waals surface area contributed by atoms with Crippen LogP contribution in [0.1, 0.15) is 25.8 Å². The highest BCUT2D eigenvalue weighted by Crippen LogP contribution is 2.15. The molecular weight excluding hydrogens is 194 g/mol. The predicted molar refractivity (Wildman–Crippen MR) is 70.4 cm³/mol. The summed E-state index contributed by atoms with van der Waals surface area (Å²) < 4.78 is 0. The molecule has 1 heterocycles. The molecule has 1 aromatic heterocycles. The molecule has 0 unspecified atom stereocenters. The van der Waals surface area contributed by atoms with Crippen molar-refractivity contribution in [3.05, 3.63) is 54.2 Å². The Morgan fingerprint density at radius 1 is 0.938 bits per heavy atom. The summed E-state index contributed by atoms with van der Waals surface area (Å²) >= 11 is 0. The van der Waals surface area contributed by atoms with Gasteiger partial charge < -0.3 is 0 Å². The molecule has 0 atom stereocenters. The van der Waals surface area contributed by atoms with Gasteiger partial charge in [0.25, 0.3) is 0 Å². The molecule has 16 heavy (non-hydrogen) atoms. The summed E-state index contributed by atoms with van der Waals surface area (Å²) in [7, 11) is 0. The molecule has 0 saturated carbocycles. The summed E-state index contributed by atoms with van der Waals surface area (Å²) in [5.74, 6) is 0. The van der Waals surface area contributed by atoms with Gasteiger partial charge >= 0.3 is 0 Å². The van der Waals surface area contributed by atoms with Crippen LogP contribution in [0.4, 0.5) is 0 Å². The van der Waals surface area contributed by atoms with Crippen LogP contribution in [0.15, 0.2) is 48.7 Å². The van der Waals surface area contributed by atoms with E-state index in [-0.39, 0.29) is 0 Å². The zero-order valence-electron chi connectivity index (χ0n) is 10.3. The fourth-order valence-corrected chi connectivity index (χ4v) is 1.25. The zero-order chi connectivity index (χ0) is 11.8. The maximum Gasteiger partial charge on any atom is 0.0702 e. The van der Waals surface area contributed by atoms with Gasteiger partial charge in [0.15, 0.2) is 0 Å². The average Bonchev–Trinajstić information content (AvgIpc) is 2.32. The van der Waals surface area contributed by atoms with Crippen LogP contribution in [-0.4, -0.2) is 4.98 Å². The van der Waals surface area contributed by atoms with Crippen molar-refractivity contribution in [3.8, 4) is 11.3 Å². The maximum absolute atomic E-state index is 4.35. The monoisotopic (exact) mass is 213 g/mol. The minimum absolute atomic E-state index is 1.03. The number of nitrogens with zero attached hydrogens (tertiary/aromatic N) is 1. The lowest BCUT2D eigenvalue weighted by Gasteiger charge is -1.99. The van der Waals surface area contributed by atoms with E-state index in [0.717, 1.165) is 5.69 Å². The van der Waals surface area contributed by atoms with E-state index in [4.69, 9.17) is 0 Å². The summed E-state index contributed by atoms with van der Waals surface area (Å²) in [4.78, 5) is 4.35. The lowest BCUT2D eigenvalue weighted by molar-refractivity contribution is 1.09. The van der Waals surface area contributed by atoms with Crippen molar-refractivity contribution in [2.75, 3.05) is 0 Å². The number of rotatable bonds is 1. The zero-order valence-corrected chi connectivity index (χ0v) is 10.3. The highest BCUT2D eigenvalue weighted by Gasteiger charge is 1.95. The highest BCUT2D eigenvalue weighted by atomic mass is 14.7. The molecule has 0 bridgehead atoms. The Hall–Kier alpha value is -1.63. The summed E-state index contributed by atoms with van der Waals surface area (Å²) in [5, 5.41) is 0. The smallest absolute Gasteiger partial charge is 0.0702 e. The molecule has 1 nitrogen and oxygen atoms in total. The molecular formula is C15H19N. The highest BCUT2D eigenvalue weighted by molar-refractivity contribution is 5.58. The van der Waals surface area contributed by atoms with Crippen LogP contribution < -0.4 is 0 Å². The van der Waals surface area contributed by atoms with E-state index in [9.17, 15) is 0 Å². The van der Waals surface area contributed by atoms with Gasteiger partial charge in [-0.05, 0) is 18.6 Å². The van der Waals surface area contributed by atoms with Gasteiger partial charge in [0.05, 0.1) is 5.69 Å². The second-order valence-corrected chi connectivity index (χ2v) is 3.79. The molecule has 0 amide bonds. The first-order chi connectivity index (χ1) is 7.77.